The van der Waals surface area contributed by atoms with Gasteiger partial charge in [0.2, 0.25) is 0 Å². The summed E-state index contributed by atoms with van der Waals surface area (Å²) in [5.74, 6) is 0.900. The third-order valence-electron chi connectivity index (χ3n) is 3.69. The molecular weight excluding hydrogens is 350 g/mol. The highest BCUT2D eigenvalue weighted by atomic mass is 32.2. The first-order chi connectivity index (χ1) is 10.9. The Labute approximate surface area is 144 Å². The summed E-state index contributed by atoms with van der Waals surface area (Å²) in [4.78, 5) is 4.55. The predicted octanol–water partition coefficient (Wildman–Crippen LogP) is 3.22. The van der Waals surface area contributed by atoms with Gasteiger partial charge in [0.05, 0.1) is 5.54 Å². The van der Waals surface area contributed by atoms with Crippen molar-refractivity contribution in [3.05, 3.63) is 47.3 Å². The van der Waals surface area contributed by atoms with Crippen molar-refractivity contribution in [1.29, 1.82) is 0 Å². The van der Waals surface area contributed by atoms with E-state index in [4.69, 9.17) is 5.73 Å². The molecule has 1 unspecified atom stereocenters. The summed E-state index contributed by atoms with van der Waals surface area (Å²) in [6.07, 6.45) is 0.861. The fourth-order valence-electron chi connectivity index (χ4n) is 2.43. The fraction of sp³-hybridized carbons (Fsp3) is 0.267. The Morgan fingerprint density at radius 1 is 1.30 bits per heavy atom. The van der Waals surface area contributed by atoms with E-state index in [9.17, 15) is 8.42 Å². The maximum Gasteiger partial charge on any atom is 0.271 e. The van der Waals surface area contributed by atoms with Crippen molar-refractivity contribution >= 4 is 44.0 Å². The topological polar surface area (TPSA) is 84.5 Å². The van der Waals surface area contributed by atoms with E-state index in [1.807, 2.05) is 25.1 Å². The quantitative estimate of drug-likeness (QED) is 0.869. The van der Waals surface area contributed by atoms with E-state index in [1.165, 1.54) is 11.3 Å². The Balaban J connectivity index is 1.91. The van der Waals surface area contributed by atoms with Crippen LogP contribution in [-0.4, -0.2) is 19.3 Å². The first-order valence-corrected chi connectivity index (χ1v) is 10.4. The van der Waals surface area contributed by atoms with E-state index < -0.39 is 15.6 Å². The average molecular weight is 368 g/mol. The number of anilines is 1. The number of rotatable bonds is 4. The number of benzene rings is 1. The van der Waals surface area contributed by atoms with Gasteiger partial charge in [0.1, 0.15) is 4.21 Å². The summed E-state index contributed by atoms with van der Waals surface area (Å²) in [5.41, 5.74) is 6.92. The molecule has 1 aromatic carbocycles. The number of amidine groups is 1. The molecule has 122 valence electrons. The molecule has 2 heterocycles. The van der Waals surface area contributed by atoms with Gasteiger partial charge in [-0.25, -0.2) is 8.42 Å². The summed E-state index contributed by atoms with van der Waals surface area (Å²) >= 11 is 2.73. The molecule has 3 rings (SSSR count). The molecule has 23 heavy (non-hydrogen) atoms. The highest BCUT2D eigenvalue weighted by molar-refractivity contribution is 8.13. The molecule has 3 N–H and O–H groups in total. The number of nitrogens with one attached hydrogen (secondary N) is 1. The standard InChI is InChI=1S/C15H17N3O2S3/c1-15(7-9-22-14(16)17-15)11-4-2-5-12(10-11)18-23(19,20)13-6-3-8-21-13/h2-6,8,10,18H,7,9H2,1H3,(H2,16,17). The van der Waals surface area contributed by atoms with Gasteiger partial charge in [-0.2, -0.15) is 0 Å². The Hall–Kier alpha value is -1.51. The highest BCUT2D eigenvalue weighted by Gasteiger charge is 2.29. The smallest absolute Gasteiger partial charge is 0.271 e. The van der Waals surface area contributed by atoms with Gasteiger partial charge in [-0.05, 0) is 42.5 Å². The molecule has 5 nitrogen and oxygen atoms in total. The van der Waals surface area contributed by atoms with Gasteiger partial charge in [-0.1, -0.05) is 30.0 Å². The fourth-order valence-corrected chi connectivity index (χ4v) is 5.45. The van der Waals surface area contributed by atoms with Crippen molar-refractivity contribution in [1.82, 2.24) is 0 Å². The summed E-state index contributed by atoms with van der Waals surface area (Å²) in [6, 6.07) is 10.7. The summed E-state index contributed by atoms with van der Waals surface area (Å²) in [5, 5.41) is 2.31. The van der Waals surface area contributed by atoms with E-state index in [2.05, 4.69) is 9.71 Å². The van der Waals surface area contributed by atoms with Crippen LogP contribution in [0.4, 0.5) is 5.69 Å². The van der Waals surface area contributed by atoms with Crippen LogP contribution in [0.25, 0.3) is 0 Å². The number of hydrogen-bond donors (Lipinski definition) is 2. The molecule has 2 aromatic rings. The van der Waals surface area contributed by atoms with Gasteiger partial charge in [0, 0.05) is 11.4 Å². The van der Waals surface area contributed by atoms with E-state index in [0.717, 1.165) is 17.7 Å². The monoisotopic (exact) mass is 367 g/mol. The minimum atomic E-state index is -3.54. The zero-order valence-electron chi connectivity index (χ0n) is 12.5. The second-order valence-corrected chi connectivity index (χ2v) is 9.41. The van der Waals surface area contributed by atoms with Crippen LogP contribution in [0.2, 0.25) is 0 Å². The molecule has 0 saturated heterocycles. The van der Waals surface area contributed by atoms with Gasteiger partial charge in [0.25, 0.3) is 10.0 Å². The van der Waals surface area contributed by atoms with Crippen LogP contribution in [0.15, 0.2) is 51.0 Å². The van der Waals surface area contributed by atoms with Crippen LogP contribution >= 0.6 is 23.1 Å². The Bertz CT molecular complexity index is 831. The SMILES string of the molecule is CC1(c2cccc(NS(=O)(=O)c3cccs3)c2)CCSC(N)=N1. The molecule has 8 heteroatoms. The molecule has 0 amide bonds. The molecule has 1 aliphatic heterocycles. The Kier molecular flexibility index (Phi) is 4.39. The molecule has 0 radical (unpaired) electrons. The van der Waals surface area contributed by atoms with Crippen LogP contribution in [0.3, 0.4) is 0 Å². The van der Waals surface area contributed by atoms with E-state index in [0.29, 0.717) is 15.1 Å². The Morgan fingerprint density at radius 2 is 2.13 bits per heavy atom. The normalized spacial score (nSPS) is 21.7. The van der Waals surface area contributed by atoms with Gasteiger partial charge < -0.3 is 5.73 Å². The summed E-state index contributed by atoms with van der Waals surface area (Å²) < 4.78 is 27.6. The molecule has 0 aliphatic carbocycles. The third kappa shape index (κ3) is 3.54. The van der Waals surface area contributed by atoms with Gasteiger partial charge >= 0.3 is 0 Å². The first kappa shape index (κ1) is 16.4. The average Bonchev–Trinajstić information content (AvgIpc) is 3.02. The van der Waals surface area contributed by atoms with Crippen LogP contribution in [-0.2, 0) is 15.6 Å². The second kappa shape index (κ2) is 6.18. The van der Waals surface area contributed by atoms with Crippen molar-refractivity contribution < 1.29 is 8.42 Å². The van der Waals surface area contributed by atoms with Gasteiger partial charge in [-0.15, -0.1) is 11.3 Å². The number of sulfonamides is 1. The van der Waals surface area contributed by atoms with E-state index in [1.54, 1.807) is 35.3 Å². The van der Waals surface area contributed by atoms with Gasteiger partial charge in [0.15, 0.2) is 5.17 Å². The molecule has 0 saturated carbocycles. The third-order valence-corrected chi connectivity index (χ3v) is 7.27. The van der Waals surface area contributed by atoms with Crippen LogP contribution in [0, 0.1) is 0 Å². The van der Waals surface area contributed by atoms with E-state index in [-0.39, 0.29) is 0 Å². The number of nitrogens with zero attached hydrogens (tertiary/aromatic N) is 1. The molecule has 1 aliphatic rings. The lowest BCUT2D eigenvalue weighted by Crippen LogP contribution is -2.28. The number of aliphatic imine (C=N–C) groups is 1. The molecule has 0 spiro atoms. The summed E-state index contributed by atoms with van der Waals surface area (Å²) in [7, 11) is -3.54. The lowest BCUT2D eigenvalue weighted by atomic mass is 9.89. The van der Waals surface area contributed by atoms with Crippen molar-refractivity contribution in [3.8, 4) is 0 Å². The van der Waals surface area contributed by atoms with E-state index >= 15 is 0 Å². The minimum Gasteiger partial charge on any atom is -0.379 e. The van der Waals surface area contributed by atoms with Crippen molar-refractivity contribution in [2.75, 3.05) is 10.5 Å². The number of hydrogen-bond acceptors (Lipinski definition) is 6. The lowest BCUT2D eigenvalue weighted by molar-refractivity contribution is 0.482. The number of nitrogens with two attached hydrogens (primary N) is 1. The van der Waals surface area contributed by atoms with Crippen molar-refractivity contribution in [3.63, 3.8) is 0 Å². The maximum atomic E-state index is 12.3. The van der Waals surface area contributed by atoms with Crippen LogP contribution in [0.1, 0.15) is 18.9 Å². The number of thiophene rings is 1. The largest absolute Gasteiger partial charge is 0.379 e. The van der Waals surface area contributed by atoms with Gasteiger partial charge in [-0.3, -0.25) is 9.71 Å². The molecular formula is C15H17N3O2S3. The Morgan fingerprint density at radius 3 is 2.83 bits per heavy atom. The van der Waals surface area contributed by atoms with Crippen LogP contribution < -0.4 is 10.5 Å². The zero-order chi connectivity index (χ0) is 16.5. The molecule has 1 atom stereocenters. The zero-order valence-corrected chi connectivity index (χ0v) is 15.0. The van der Waals surface area contributed by atoms with Crippen LogP contribution in [0.5, 0.6) is 0 Å². The molecule has 0 fully saturated rings. The second-order valence-electron chi connectivity index (χ2n) is 5.44. The minimum absolute atomic E-state index is 0.297. The number of thioether (sulfide) groups is 1. The first-order valence-electron chi connectivity index (χ1n) is 7.04. The van der Waals surface area contributed by atoms with Crippen molar-refractivity contribution in [2.45, 2.75) is 23.1 Å². The lowest BCUT2D eigenvalue weighted by Gasteiger charge is -2.30. The highest BCUT2D eigenvalue weighted by Crippen LogP contribution is 2.36. The molecule has 0 bridgehead atoms. The van der Waals surface area contributed by atoms with Crippen molar-refractivity contribution in [2.24, 2.45) is 10.7 Å². The predicted molar refractivity (Wildman–Crippen MR) is 97.6 cm³/mol. The summed E-state index contributed by atoms with van der Waals surface area (Å²) in [6.45, 7) is 2.02. The molecule has 1 aromatic heterocycles. The maximum absolute atomic E-state index is 12.3.